The van der Waals surface area contributed by atoms with Crippen LogP contribution < -0.4 is 0 Å². The summed E-state index contributed by atoms with van der Waals surface area (Å²) in [5.41, 5.74) is 0. The van der Waals surface area contributed by atoms with Crippen molar-refractivity contribution in [1.82, 2.24) is 0 Å². The number of rotatable bonds is 0. The average molecular weight is 103 g/mol. The fourth-order valence-corrected chi connectivity index (χ4v) is 0.692. The third-order valence-electron chi connectivity index (χ3n) is 1.10. The van der Waals surface area contributed by atoms with Crippen LogP contribution in [0, 0.1) is 0 Å². The maximum absolute atomic E-state index is 10.4. The summed E-state index contributed by atoms with van der Waals surface area (Å²) in [6, 6.07) is 0. The van der Waals surface area contributed by atoms with Gasteiger partial charge in [-0.1, -0.05) is 6.08 Å². The maximum Gasteiger partial charge on any atom is 0.155 e. The standard InChI is InChI=1S/C6H8O.Li/c7-6-4-2-1-3-5-6;/h2,4H,1,3,5H2;. The number of carbonyl (C=O) groups is 1. The van der Waals surface area contributed by atoms with E-state index in [1.165, 1.54) is 0 Å². The molecule has 0 unspecified atom stereocenters. The van der Waals surface area contributed by atoms with E-state index in [1.54, 1.807) is 6.08 Å². The van der Waals surface area contributed by atoms with Crippen molar-refractivity contribution in [2.24, 2.45) is 0 Å². The van der Waals surface area contributed by atoms with Gasteiger partial charge in [-0.3, -0.25) is 4.79 Å². The van der Waals surface area contributed by atoms with Gasteiger partial charge in [-0.2, -0.15) is 0 Å². The third-order valence-corrected chi connectivity index (χ3v) is 1.10. The SMILES string of the molecule is O=C1C=CCCC1.[Li]. The van der Waals surface area contributed by atoms with Gasteiger partial charge in [-0.15, -0.1) is 0 Å². The Kier molecular flexibility index (Phi) is 3.95. The zero-order valence-corrected chi connectivity index (χ0v) is 5.18. The minimum Gasteiger partial charge on any atom is -0.295 e. The van der Waals surface area contributed by atoms with E-state index in [2.05, 4.69) is 0 Å². The van der Waals surface area contributed by atoms with Crippen LogP contribution in [0.25, 0.3) is 0 Å². The molecule has 0 spiro atoms. The molecule has 0 heterocycles. The Balaban J connectivity index is 0.000000490. The van der Waals surface area contributed by atoms with Gasteiger partial charge in [0.05, 0.1) is 0 Å². The first kappa shape index (κ1) is 8.01. The Morgan fingerprint density at radius 2 is 2.25 bits per heavy atom. The molecule has 0 atom stereocenters. The predicted molar refractivity (Wildman–Crippen MR) is 33.8 cm³/mol. The fraction of sp³-hybridized carbons (Fsp3) is 0.500. The Morgan fingerprint density at radius 3 is 2.50 bits per heavy atom. The summed E-state index contributed by atoms with van der Waals surface area (Å²) in [6.07, 6.45) is 6.51. The van der Waals surface area contributed by atoms with Gasteiger partial charge in [-0.25, -0.2) is 0 Å². The van der Waals surface area contributed by atoms with Crippen LogP contribution in [0.4, 0.5) is 0 Å². The average Bonchev–Trinajstić information content (AvgIpc) is 1.69. The van der Waals surface area contributed by atoms with Crippen molar-refractivity contribution >= 4 is 24.6 Å². The van der Waals surface area contributed by atoms with E-state index < -0.39 is 0 Å². The molecule has 0 amide bonds. The van der Waals surface area contributed by atoms with Gasteiger partial charge >= 0.3 is 0 Å². The van der Waals surface area contributed by atoms with E-state index in [0.29, 0.717) is 0 Å². The second-order valence-electron chi connectivity index (χ2n) is 1.76. The first-order valence-corrected chi connectivity index (χ1v) is 2.59. The molecule has 0 N–H and O–H groups in total. The monoisotopic (exact) mass is 103 g/mol. The molecular formula is C6H8LiO. The van der Waals surface area contributed by atoms with Crippen molar-refractivity contribution in [3.63, 3.8) is 0 Å². The second-order valence-corrected chi connectivity index (χ2v) is 1.76. The largest absolute Gasteiger partial charge is 0.295 e. The molecule has 1 nitrogen and oxygen atoms in total. The number of ketones is 1. The Morgan fingerprint density at radius 1 is 1.50 bits per heavy atom. The van der Waals surface area contributed by atoms with E-state index in [1.807, 2.05) is 6.08 Å². The zero-order valence-electron chi connectivity index (χ0n) is 5.18. The number of carbonyl (C=O) groups excluding carboxylic acids is 1. The summed E-state index contributed by atoms with van der Waals surface area (Å²) in [6.45, 7) is 0. The molecule has 0 aromatic rings. The van der Waals surface area contributed by atoms with Crippen LogP contribution >= 0.6 is 0 Å². The molecule has 0 aromatic carbocycles. The topological polar surface area (TPSA) is 17.1 Å². The third kappa shape index (κ3) is 2.35. The normalized spacial score (nSPS) is 17.8. The van der Waals surface area contributed by atoms with E-state index in [0.717, 1.165) is 19.3 Å². The summed E-state index contributed by atoms with van der Waals surface area (Å²) in [5, 5.41) is 0. The van der Waals surface area contributed by atoms with Crippen LogP contribution in [0.2, 0.25) is 0 Å². The Hall–Kier alpha value is 0.00740. The van der Waals surface area contributed by atoms with Crippen LogP contribution in [0.5, 0.6) is 0 Å². The number of allylic oxidation sites excluding steroid dienone is 2. The molecule has 1 radical (unpaired) electrons. The first-order valence-electron chi connectivity index (χ1n) is 2.59. The van der Waals surface area contributed by atoms with Gasteiger partial charge in [-0.05, 0) is 18.9 Å². The molecule has 1 aliphatic carbocycles. The summed E-state index contributed by atoms with van der Waals surface area (Å²) >= 11 is 0. The van der Waals surface area contributed by atoms with E-state index in [9.17, 15) is 4.79 Å². The van der Waals surface area contributed by atoms with Crippen LogP contribution in [-0.4, -0.2) is 24.6 Å². The van der Waals surface area contributed by atoms with Gasteiger partial charge in [0, 0.05) is 25.3 Å². The van der Waals surface area contributed by atoms with Gasteiger partial charge in [0.2, 0.25) is 0 Å². The van der Waals surface area contributed by atoms with E-state index in [-0.39, 0.29) is 24.6 Å². The molecule has 8 heavy (non-hydrogen) atoms. The van der Waals surface area contributed by atoms with Gasteiger partial charge < -0.3 is 0 Å². The van der Waals surface area contributed by atoms with Crippen LogP contribution in [0.1, 0.15) is 19.3 Å². The smallest absolute Gasteiger partial charge is 0.155 e. The minimum atomic E-state index is 0. The molecule has 1 aliphatic rings. The summed E-state index contributed by atoms with van der Waals surface area (Å²) in [4.78, 5) is 10.4. The summed E-state index contributed by atoms with van der Waals surface area (Å²) < 4.78 is 0. The molecule has 0 saturated heterocycles. The van der Waals surface area contributed by atoms with Gasteiger partial charge in [0.15, 0.2) is 5.78 Å². The van der Waals surface area contributed by atoms with Crippen molar-refractivity contribution in [2.45, 2.75) is 19.3 Å². The molecule has 0 bridgehead atoms. The zero-order chi connectivity index (χ0) is 5.11. The molecule has 1 rings (SSSR count). The summed E-state index contributed by atoms with van der Waals surface area (Å²) in [7, 11) is 0. The van der Waals surface area contributed by atoms with E-state index >= 15 is 0 Å². The fourth-order valence-electron chi connectivity index (χ4n) is 0.692. The summed E-state index contributed by atoms with van der Waals surface area (Å²) in [5.74, 6) is 0.284. The second kappa shape index (κ2) is 3.94. The first-order chi connectivity index (χ1) is 3.39. The molecule has 0 fully saturated rings. The van der Waals surface area contributed by atoms with Crippen LogP contribution in [-0.2, 0) is 4.79 Å². The number of hydrogen-bond acceptors (Lipinski definition) is 1. The van der Waals surface area contributed by atoms with Crippen molar-refractivity contribution < 1.29 is 4.79 Å². The van der Waals surface area contributed by atoms with Crippen molar-refractivity contribution in [1.29, 1.82) is 0 Å². The Bertz CT molecular complexity index is 107. The molecule has 0 saturated carbocycles. The molecule has 0 aromatic heterocycles. The van der Waals surface area contributed by atoms with Crippen molar-refractivity contribution in [3.8, 4) is 0 Å². The minimum absolute atomic E-state index is 0. The molecule has 0 aliphatic heterocycles. The van der Waals surface area contributed by atoms with E-state index in [4.69, 9.17) is 0 Å². The molecule has 39 valence electrons. The maximum atomic E-state index is 10.4. The van der Waals surface area contributed by atoms with Crippen molar-refractivity contribution in [2.75, 3.05) is 0 Å². The van der Waals surface area contributed by atoms with Gasteiger partial charge in [0.25, 0.3) is 0 Å². The number of hydrogen-bond donors (Lipinski definition) is 0. The van der Waals surface area contributed by atoms with Crippen molar-refractivity contribution in [3.05, 3.63) is 12.2 Å². The van der Waals surface area contributed by atoms with Crippen LogP contribution in [0.3, 0.4) is 0 Å². The van der Waals surface area contributed by atoms with Gasteiger partial charge in [0.1, 0.15) is 0 Å². The molecular weight excluding hydrogens is 95.0 g/mol. The molecule has 2 heteroatoms. The predicted octanol–water partition coefficient (Wildman–Crippen LogP) is 0.915. The quantitative estimate of drug-likeness (QED) is 0.416. The Labute approximate surface area is 61.3 Å². The van der Waals surface area contributed by atoms with Crippen LogP contribution in [0.15, 0.2) is 12.2 Å².